The van der Waals surface area contributed by atoms with E-state index in [-0.39, 0.29) is 19.1 Å². The van der Waals surface area contributed by atoms with Crippen LogP contribution < -0.4 is 30.3 Å². The van der Waals surface area contributed by atoms with E-state index in [1.165, 1.54) is 18.9 Å². The van der Waals surface area contributed by atoms with Gasteiger partial charge in [-0.05, 0) is 81.6 Å². The number of benzene rings is 3. The summed E-state index contributed by atoms with van der Waals surface area (Å²) < 4.78 is 16.9. The number of carbonyl (C=O) groups excluding carboxylic acids is 3. The van der Waals surface area contributed by atoms with Gasteiger partial charge in [0.05, 0.1) is 24.0 Å². The van der Waals surface area contributed by atoms with Gasteiger partial charge in [0, 0.05) is 12.2 Å². The molecule has 0 unspecified atom stereocenters. The highest BCUT2D eigenvalue weighted by Crippen LogP contribution is 2.33. The van der Waals surface area contributed by atoms with Gasteiger partial charge in [0.2, 0.25) is 0 Å². The number of amides is 3. The van der Waals surface area contributed by atoms with Gasteiger partial charge in [-0.25, -0.2) is 5.43 Å². The SMILES string of the molecule is COc1ccc(NC(=O)COc2c(I)cc(/C=N\NC(=O)C(=O)NCc3ccc(C(C)C)cc3)cc2OC)cc1. The number of hydrazone groups is 1. The van der Waals surface area contributed by atoms with E-state index in [2.05, 4.69) is 35.0 Å². The number of halogens is 1. The zero-order valence-corrected chi connectivity index (χ0v) is 24.8. The average molecular weight is 658 g/mol. The molecule has 3 amide bonds. The number of anilines is 1. The van der Waals surface area contributed by atoms with E-state index in [0.29, 0.717) is 38.0 Å². The smallest absolute Gasteiger partial charge is 0.329 e. The molecule has 0 bridgehead atoms. The first-order valence-corrected chi connectivity index (χ1v) is 13.4. The van der Waals surface area contributed by atoms with E-state index < -0.39 is 11.8 Å². The fraction of sp³-hybridized carbons (Fsp3) is 0.241. The van der Waals surface area contributed by atoms with Crippen LogP contribution >= 0.6 is 22.6 Å². The maximum Gasteiger partial charge on any atom is 0.329 e. The predicted octanol–water partition coefficient (Wildman–Crippen LogP) is 4.22. The molecule has 0 heterocycles. The molecule has 210 valence electrons. The lowest BCUT2D eigenvalue weighted by Gasteiger charge is -2.13. The molecule has 0 aliphatic heterocycles. The first kappa shape index (κ1) is 30.4. The van der Waals surface area contributed by atoms with E-state index in [1.54, 1.807) is 43.5 Å². The second kappa shape index (κ2) is 14.9. The predicted molar refractivity (Wildman–Crippen MR) is 161 cm³/mol. The second-order valence-corrected chi connectivity index (χ2v) is 10.0. The number of hydrogen-bond acceptors (Lipinski definition) is 7. The molecule has 0 fully saturated rings. The zero-order valence-electron chi connectivity index (χ0n) is 22.6. The third kappa shape index (κ3) is 8.97. The number of nitrogens with zero attached hydrogens (tertiary/aromatic N) is 1. The summed E-state index contributed by atoms with van der Waals surface area (Å²) in [4.78, 5) is 36.6. The van der Waals surface area contributed by atoms with Gasteiger partial charge in [-0.15, -0.1) is 0 Å². The quantitative estimate of drug-likeness (QED) is 0.123. The number of hydrogen-bond donors (Lipinski definition) is 3. The van der Waals surface area contributed by atoms with Gasteiger partial charge in [-0.1, -0.05) is 38.1 Å². The van der Waals surface area contributed by atoms with E-state index >= 15 is 0 Å². The van der Waals surface area contributed by atoms with Crippen LogP contribution in [0.25, 0.3) is 0 Å². The molecule has 3 rings (SSSR count). The number of rotatable bonds is 11. The molecule has 0 aliphatic carbocycles. The Bertz CT molecular complexity index is 1360. The Kier molecular flexibility index (Phi) is 11.3. The van der Waals surface area contributed by atoms with Crippen molar-refractivity contribution in [3.63, 3.8) is 0 Å². The van der Waals surface area contributed by atoms with Crippen molar-refractivity contribution in [3.8, 4) is 17.2 Å². The molecule has 10 nitrogen and oxygen atoms in total. The first-order chi connectivity index (χ1) is 19.2. The van der Waals surface area contributed by atoms with E-state index in [1.807, 2.05) is 46.9 Å². The van der Waals surface area contributed by atoms with Crippen LogP contribution in [0.2, 0.25) is 0 Å². The third-order valence-electron chi connectivity index (χ3n) is 5.66. The van der Waals surface area contributed by atoms with Crippen molar-refractivity contribution in [1.29, 1.82) is 0 Å². The molecule has 0 aliphatic rings. The molecule has 3 aromatic carbocycles. The van der Waals surface area contributed by atoms with Crippen LogP contribution in [0.4, 0.5) is 5.69 Å². The zero-order chi connectivity index (χ0) is 29.1. The highest BCUT2D eigenvalue weighted by Gasteiger charge is 2.15. The van der Waals surface area contributed by atoms with Crippen molar-refractivity contribution in [3.05, 3.63) is 80.9 Å². The van der Waals surface area contributed by atoms with Crippen LogP contribution in [0, 0.1) is 3.57 Å². The van der Waals surface area contributed by atoms with Crippen molar-refractivity contribution in [2.45, 2.75) is 26.3 Å². The van der Waals surface area contributed by atoms with Gasteiger partial charge in [0.15, 0.2) is 18.1 Å². The Morgan fingerprint density at radius 1 is 0.950 bits per heavy atom. The van der Waals surface area contributed by atoms with E-state index in [0.717, 1.165) is 5.56 Å². The van der Waals surface area contributed by atoms with Crippen molar-refractivity contribution in [2.24, 2.45) is 5.10 Å². The maximum absolute atomic E-state index is 12.3. The molecule has 0 radical (unpaired) electrons. The van der Waals surface area contributed by atoms with Gasteiger partial charge < -0.3 is 24.8 Å². The lowest BCUT2D eigenvalue weighted by atomic mass is 10.0. The molecule has 11 heteroatoms. The molecule has 0 atom stereocenters. The minimum Gasteiger partial charge on any atom is -0.497 e. The lowest BCUT2D eigenvalue weighted by molar-refractivity contribution is -0.139. The van der Waals surface area contributed by atoms with Crippen LogP contribution in [-0.2, 0) is 20.9 Å². The normalized spacial score (nSPS) is 10.8. The van der Waals surface area contributed by atoms with Gasteiger partial charge in [-0.3, -0.25) is 14.4 Å². The fourth-order valence-corrected chi connectivity index (χ4v) is 4.24. The van der Waals surface area contributed by atoms with Gasteiger partial charge in [0.25, 0.3) is 5.91 Å². The highest BCUT2D eigenvalue weighted by molar-refractivity contribution is 14.1. The Morgan fingerprint density at radius 2 is 1.65 bits per heavy atom. The van der Waals surface area contributed by atoms with Gasteiger partial charge in [-0.2, -0.15) is 5.10 Å². The minimum atomic E-state index is -0.889. The summed E-state index contributed by atoms with van der Waals surface area (Å²) in [6, 6.07) is 18.1. The molecule has 40 heavy (non-hydrogen) atoms. The van der Waals surface area contributed by atoms with Crippen LogP contribution in [0.1, 0.15) is 36.5 Å². The molecule has 0 spiro atoms. The Balaban J connectivity index is 1.51. The molecular formula is C29H31IN4O6. The van der Waals surface area contributed by atoms with Crippen molar-refractivity contribution >= 4 is 52.2 Å². The molecule has 3 aromatic rings. The highest BCUT2D eigenvalue weighted by atomic mass is 127. The molecular weight excluding hydrogens is 627 g/mol. The first-order valence-electron chi connectivity index (χ1n) is 12.3. The van der Waals surface area contributed by atoms with Crippen molar-refractivity contribution < 1.29 is 28.6 Å². The van der Waals surface area contributed by atoms with Crippen LogP contribution in [0.3, 0.4) is 0 Å². The number of carbonyl (C=O) groups is 3. The lowest BCUT2D eigenvalue weighted by Crippen LogP contribution is -2.37. The Hall–Kier alpha value is -4.13. The summed E-state index contributed by atoms with van der Waals surface area (Å²) in [7, 11) is 3.04. The maximum atomic E-state index is 12.3. The Labute approximate surface area is 246 Å². The van der Waals surface area contributed by atoms with Crippen LogP contribution in [-0.4, -0.2) is 44.8 Å². The molecule has 3 N–H and O–H groups in total. The van der Waals surface area contributed by atoms with Gasteiger partial charge in [0.1, 0.15) is 5.75 Å². The van der Waals surface area contributed by atoms with E-state index in [4.69, 9.17) is 14.2 Å². The van der Waals surface area contributed by atoms with Crippen LogP contribution in [0.15, 0.2) is 65.8 Å². The molecule has 0 aromatic heterocycles. The standard InChI is InChI=1S/C29H31IN4O6/c1-18(2)21-7-5-19(6-8-21)15-31-28(36)29(37)34-32-16-20-13-24(30)27(25(14-20)39-4)40-17-26(35)33-22-9-11-23(38-3)12-10-22/h5-14,16,18H,15,17H2,1-4H3,(H,31,36)(H,33,35)(H,34,37)/b32-16-. The van der Waals surface area contributed by atoms with Gasteiger partial charge >= 0.3 is 11.8 Å². The number of ether oxygens (including phenoxy) is 3. The third-order valence-corrected chi connectivity index (χ3v) is 6.46. The molecule has 0 saturated carbocycles. The second-order valence-electron chi connectivity index (χ2n) is 8.88. The monoisotopic (exact) mass is 658 g/mol. The minimum absolute atomic E-state index is 0.226. The summed E-state index contributed by atoms with van der Waals surface area (Å²) in [6.07, 6.45) is 1.38. The summed E-state index contributed by atoms with van der Waals surface area (Å²) in [5.41, 5.74) is 5.49. The van der Waals surface area contributed by atoms with E-state index in [9.17, 15) is 14.4 Å². The summed E-state index contributed by atoms with van der Waals surface area (Å²) in [5.74, 6) is -0.177. The molecule has 0 saturated heterocycles. The fourth-order valence-electron chi connectivity index (χ4n) is 3.46. The summed E-state index contributed by atoms with van der Waals surface area (Å²) >= 11 is 2.05. The Morgan fingerprint density at radius 3 is 2.27 bits per heavy atom. The van der Waals surface area contributed by atoms with Crippen LogP contribution in [0.5, 0.6) is 17.2 Å². The summed E-state index contributed by atoms with van der Waals surface area (Å²) in [6.45, 7) is 4.20. The number of nitrogens with one attached hydrogen (secondary N) is 3. The van der Waals surface area contributed by atoms with Crippen molar-refractivity contribution in [2.75, 3.05) is 26.1 Å². The van der Waals surface area contributed by atoms with Crippen molar-refractivity contribution in [1.82, 2.24) is 10.7 Å². The number of methoxy groups -OCH3 is 2. The largest absolute Gasteiger partial charge is 0.497 e. The average Bonchev–Trinajstić information content (AvgIpc) is 2.95. The topological polar surface area (TPSA) is 127 Å². The summed E-state index contributed by atoms with van der Waals surface area (Å²) in [5, 5.41) is 9.19.